The summed E-state index contributed by atoms with van der Waals surface area (Å²) >= 11 is 1.63. The molecule has 16 heavy (non-hydrogen) atoms. The molecule has 0 aliphatic heterocycles. The quantitative estimate of drug-likeness (QED) is 0.465. The molecule has 0 bridgehead atoms. The van der Waals surface area contributed by atoms with Crippen LogP contribution in [-0.2, 0) is 6.54 Å². The van der Waals surface area contributed by atoms with Crippen LogP contribution in [0, 0.1) is 17.0 Å². The fourth-order valence-electron chi connectivity index (χ4n) is 1.55. The molecule has 0 atom stereocenters. The minimum Gasteiger partial charge on any atom is -0.258 e. The zero-order valence-electron chi connectivity index (χ0n) is 8.79. The molecule has 2 rings (SSSR count). The van der Waals surface area contributed by atoms with Gasteiger partial charge in [0.15, 0.2) is 12.7 Å². The van der Waals surface area contributed by atoms with E-state index in [-0.39, 0.29) is 10.6 Å². The van der Waals surface area contributed by atoms with E-state index < -0.39 is 0 Å². The maximum absolute atomic E-state index is 10.8. The van der Waals surface area contributed by atoms with Crippen molar-refractivity contribution in [2.45, 2.75) is 13.5 Å². The molecule has 0 radical (unpaired) electrons. The fourth-order valence-corrected chi connectivity index (χ4v) is 2.21. The Kier molecular flexibility index (Phi) is 2.96. The summed E-state index contributed by atoms with van der Waals surface area (Å²) in [6, 6.07) is 6.84. The molecule has 0 saturated heterocycles. The van der Waals surface area contributed by atoms with Crippen molar-refractivity contribution in [2.75, 3.05) is 0 Å². The summed E-state index contributed by atoms with van der Waals surface area (Å²) in [7, 11) is 0. The van der Waals surface area contributed by atoms with Gasteiger partial charge in [0.1, 0.15) is 0 Å². The first-order valence-electron chi connectivity index (χ1n) is 4.84. The van der Waals surface area contributed by atoms with E-state index in [4.69, 9.17) is 0 Å². The maximum Gasteiger partial charge on any atom is 0.278 e. The third-order valence-electron chi connectivity index (χ3n) is 2.41. The molecule has 0 N–H and O–H groups in total. The van der Waals surface area contributed by atoms with Crippen LogP contribution < -0.4 is 4.57 Å². The molecule has 1 aromatic carbocycles. The maximum atomic E-state index is 10.8. The van der Waals surface area contributed by atoms with Crippen LogP contribution >= 0.6 is 11.3 Å². The molecular formula is C11H11N2O2S+. The highest BCUT2D eigenvalue weighted by Gasteiger charge is 2.17. The normalized spacial score (nSPS) is 10.3. The van der Waals surface area contributed by atoms with Gasteiger partial charge in [-0.3, -0.25) is 10.1 Å². The summed E-state index contributed by atoms with van der Waals surface area (Å²) in [6.07, 6.45) is 1.94. The standard InChI is InChI=1S/C11H11N2O2S/c1-9-12(6-7-16-9)8-10-4-2-3-5-11(10)13(14)15/h2-7H,8H2,1H3/q+1. The Morgan fingerprint density at radius 3 is 2.81 bits per heavy atom. The van der Waals surface area contributed by atoms with Gasteiger partial charge in [0, 0.05) is 13.0 Å². The first-order chi connectivity index (χ1) is 7.68. The lowest BCUT2D eigenvalue weighted by Gasteiger charge is -1.98. The van der Waals surface area contributed by atoms with Gasteiger partial charge in [-0.05, 0) is 6.07 Å². The van der Waals surface area contributed by atoms with Gasteiger partial charge in [0.2, 0.25) is 5.01 Å². The molecule has 1 heterocycles. The zero-order chi connectivity index (χ0) is 11.5. The number of benzene rings is 1. The Balaban J connectivity index is 2.35. The van der Waals surface area contributed by atoms with Gasteiger partial charge in [-0.15, -0.1) is 0 Å². The monoisotopic (exact) mass is 235 g/mol. The van der Waals surface area contributed by atoms with Crippen molar-refractivity contribution in [3.8, 4) is 0 Å². The van der Waals surface area contributed by atoms with Crippen molar-refractivity contribution in [1.29, 1.82) is 0 Å². The van der Waals surface area contributed by atoms with Crippen molar-refractivity contribution in [3.63, 3.8) is 0 Å². The Hall–Kier alpha value is -1.75. The summed E-state index contributed by atoms with van der Waals surface area (Å²) in [5.41, 5.74) is 0.916. The third-order valence-corrected chi connectivity index (χ3v) is 3.25. The van der Waals surface area contributed by atoms with Crippen LogP contribution in [0.1, 0.15) is 10.6 Å². The molecule has 0 spiro atoms. The van der Waals surface area contributed by atoms with Gasteiger partial charge in [-0.2, -0.15) is 4.57 Å². The van der Waals surface area contributed by atoms with Gasteiger partial charge in [-0.1, -0.05) is 23.5 Å². The number of aryl methyl sites for hydroxylation is 1. The number of thiazole rings is 1. The van der Waals surface area contributed by atoms with Crippen LogP contribution in [0.4, 0.5) is 5.69 Å². The molecule has 0 fully saturated rings. The second-order valence-electron chi connectivity index (χ2n) is 3.44. The second kappa shape index (κ2) is 4.40. The molecule has 0 aliphatic carbocycles. The number of hydrogen-bond donors (Lipinski definition) is 0. The highest BCUT2D eigenvalue weighted by molar-refractivity contribution is 7.09. The molecule has 82 valence electrons. The summed E-state index contributed by atoms with van der Waals surface area (Å²) in [5.74, 6) is 0. The van der Waals surface area contributed by atoms with Gasteiger partial charge < -0.3 is 0 Å². The average Bonchev–Trinajstić information content (AvgIpc) is 2.65. The lowest BCUT2D eigenvalue weighted by atomic mass is 10.2. The van der Waals surface area contributed by atoms with Crippen molar-refractivity contribution >= 4 is 17.0 Å². The Bertz CT molecular complexity index is 522. The Morgan fingerprint density at radius 2 is 2.19 bits per heavy atom. The fraction of sp³-hybridized carbons (Fsp3) is 0.182. The van der Waals surface area contributed by atoms with E-state index in [2.05, 4.69) is 0 Å². The van der Waals surface area contributed by atoms with E-state index >= 15 is 0 Å². The van der Waals surface area contributed by atoms with E-state index in [1.54, 1.807) is 23.5 Å². The predicted octanol–water partition coefficient (Wildman–Crippen LogP) is 2.30. The van der Waals surface area contributed by atoms with Crippen molar-refractivity contribution in [3.05, 3.63) is 56.5 Å². The lowest BCUT2D eigenvalue weighted by molar-refractivity contribution is -0.689. The van der Waals surface area contributed by atoms with Crippen LogP contribution in [0.2, 0.25) is 0 Å². The first-order valence-corrected chi connectivity index (χ1v) is 5.72. The van der Waals surface area contributed by atoms with Gasteiger partial charge in [0.05, 0.1) is 15.9 Å². The van der Waals surface area contributed by atoms with E-state index in [9.17, 15) is 10.1 Å². The molecule has 0 saturated carbocycles. The number of hydrogen-bond acceptors (Lipinski definition) is 3. The first kappa shape index (κ1) is 10.8. The molecule has 4 nitrogen and oxygen atoms in total. The summed E-state index contributed by atoms with van der Waals surface area (Å²) in [6.45, 7) is 2.55. The number of nitrogens with zero attached hydrogens (tertiary/aromatic N) is 2. The summed E-state index contributed by atoms with van der Waals surface area (Å²) < 4.78 is 2.01. The number of aromatic nitrogens is 1. The van der Waals surface area contributed by atoms with E-state index in [0.29, 0.717) is 6.54 Å². The predicted molar refractivity (Wildman–Crippen MR) is 61.4 cm³/mol. The number of para-hydroxylation sites is 1. The van der Waals surface area contributed by atoms with Crippen molar-refractivity contribution in [2.24, 2.45) is 0 Å². The highest BCUT2D eigenvalue weighted by atomic mass is 32.1. The zero-order valence-corrected chi connectivity index (χ0v) is 9.61. The van der Waals surface area contributed by atoms with Crippen LogP contribution in [0.3, 0.4) is 0 Å². The summed E-state index contributed by atoms with van der Waals surface area (Å²) in [4.78, 5) is 10.5. The van der Waals surface area contributed by atoms with Gasteiger partial charge >= 0.3 is 0 Å². The number of nitro groups is 1. The second-order valence-corrected chi connectivity index (χ2v) is 4.53. The molecule has 2 aromatic rings. The molecule has 5 heteroatoms. The topological polar surface area (TPSA) is 47.0 Å². The molecule has 0 aliphatic rings. The number of nitro benzene ring substituents is 1. The lowest BCUT2D eigenvalue weighted by Crippen LogP contribution is -2.34. The largest absolute Gasteiger partial charge is 0.278 e. The van der Waals surface area contributed by atoms with Crippen LogP contribution in [0.15, 0.2) is 35.8 Å². The van der Waals surface area contributed by atoms with Crippen LogP contribution in [0.5, 0.6) is 0 Å². The number of rotatable bonds is 3. The molecule has 0 amide bonds. The van der Waals surface area contributed by atoms with Crippen LogP contribution in [0.25, 0.3) is 0 Å². The average molecular weight is 235 g/mol. The highest BCUT2D eigenvalue weighted by Crippen LogP contribution is 2.17. The van der Waals surface area contributed by atoms with Crippen LogP contribution in [-0.4, -0.2) is 4.92 Å². The minimum absolute atomic E-state index is 0.181. The molecule has 0 unspecified atom stereocenters. The van der Waals surface area contributed by atoms with E-state index in [1.807, 2.05) is 29.1 Å². The van der Waals surface area contributed by atoms with Crippen molar-refractivity contribution < 1.29 is 9.49 Å². The Morgan fingerprint density at radius 1 is 1.44 bits per heavy atom. The molecule has 1 aromatic heterocycles. The van der Waals surface area contributed by atoms with E-state index in [0.717, 1.165) is 10.6 Å². The summed E-state index contributed by atoms with van der Waals surface area (Å²) in [5, 5.41) is 13.9. The Labute approximate surface area is 96.9 Å². The van der Waals surface area contributed by atoms with Gasteiger partial charge in [0.25, 0.3) is 5.69 Å². The minimum atomic E-state index is -0.336. The smallest absolute Gasteiger partial charge is 0.258 e. The SMILES string of the molecule is Cc1scc[n+]1Cc1ccccc1[N+](=O)[O-]. The third kappa shape index (κ3) is 2.09. The van der Waals surface area contributed by atoms with Crippen molar-refractivity contribution in [1.82, 2.24) is 0 Å². The van der Waals surface area contributed by atoms with E-state index in [1.165, 1.54) is 6.07 Å². The molecular weight excluding hydrogens is 224 g/mol. The van der Waals surface area contributed by atoms with Gasteiger partial charge in [-0.25, -0.2) is 0 Å².